The Hall–Kier alpha value is -2.39. The van der Waals surface area contributed by atoms with Crippen LogP contribution in [0.4, 0.5) is 0 Å². The molecule has 102 valence electrons. The van der Waals surface area contributed by atoms with Crippen molar-refractivity contribution in [2.45, 2.75) is 0 Å². The average molecular weight is 268 g/mol. The van der Waals surface area contributed by atoms with Crippen LogP contribution < -0.4 is 4.74 Å². The smallest absolute Gasteiger partial charge is 0.185 e. The number of rotatable bonds is 6. The molecule has 0 aliphatic heterocycles. The highest BCUT2D eigenvalue weighted by atomic mass is 16.5. The number of aliphatic hydroxyl groups is 1. The van der Waals surface area contributed by atoms with Gasteiger partial charge >= 0.3 is 0 Å². The van der Waals surface area contributed by atoms with Gasteiger partial charge in [-0.15, -0.1) is 0 Å². The zero-order chi connectivity index (χ0) is 14.2. The summed E-state index contributed by atoms with van der Waals surface area (Å²) in [7, 11) is 0. The molecule has 0 saturated heterocycles. The van der Waals surface area contributed by atoms with E-state index in [1.165, 1.54) is 0 Å². The molecule has 0 aliphatic carbocycles. The van der Waals surface area contributed by atoms with Crippen molar-refractivity contribution in [1.29, 1.82) is 0 Å². The minimum atomic E-state index is -0.0532. The number of aliphatic hydroxyl groups excluding tert-OH is 1. The molecule has 2 rings (SSSR count). The lowest BCUT2D eigenvalue weighted by atomic mass is 10.1. The van der Waals surface area contributed by atoms with Gasteiger partial charge in [-0.2, -0.15) is 0 Å². The van der Waals surface area contributed by atoms with E-state index < -0.39 is 0 Å². The summed E-state index contributed by atoms with van der Waals surface area (Å²) in [5.41, 5.74) is 1.59. The number of benzene rings is 2. The molecule has 0 heterocycles. The van der Waals surface area contributed by atoms with Crippen LogP contribution in [0.15, 0.2) is 60.7 Å². The van der Waals surface area contributed by atoms with Gasteiger partial charge in [0.25, 0.3) is 0 Å². The molecule has 0 saturated carbocycles. The fourth-order valence-electron chi connectivity index (χ4n) is 1.71. The van der Waals surface area contributed by atoms with Gasteiger partial charge < -0.3 is 9.84 Å². The minimum absolute atomic E-state index is 0.0273. The molecule has 0 aromatic heterocycles. The summed E-state index contributed by atoms with van der Waals surface area (Å²) in [4.78, 5) is 12.0. The summed E-state index contributed by atoms with van der Waals surface area (Å²) in [6.07, 6.45) is 3.34. The standard InChI is InChI=1S/C17H16O3/c18-12-13-20-16-9-7-15(8-10-16)17(19)11-6-14-4-2-1-3-5-14/h1-11,18H,12-13H2/b11-6+. The van der Waals surface area contributed by atoms with Crippen LogP contribution >= 0.6 is 0 Å². The largest absolute Gasteiger partial charge is 0.491 e. The Morgan fingerprint density at radius 1 is 1.05 bits per heavy atom. The van der Waals surface area contributed by atoms with E-state index in [1.807, 2.05) is 30.3 Å². The zero-order valence-corrected chi connectivity index (χ0v) is 11.0. The predicted octanol–water partition coefficient (Wildman–Crippen LogP) is 2.95. The second-order valence-corrected chi connectivity index (χ2v) is 4.20. The van der Waals surface area contributed by atoms with E-state index in [-0.39, 0.29) is 19.0 Å². The van der Waals surface area contributed by atoms with Gasteiger partial charge in [-0.3, -0.25) is 4.79 Å². The monoisotopic (exact) mass is 268 g/mol. The zero-order valence-electron chi connectivity index (χ0n) is 11.0. The van der Waals surface area contributed by atoms with Crippen molar-refractivity contribution in [3.8, 4) is 5.75 Å². The summed E-state index contributed by atoms with van der Waals surface area (Å²) in [5.74, 6) is 0.588. The van der Waals surface area contributed by atoms with Crippen molar-refractivity contribution < 1.29 is 14.6 Å². The SMILES string of the molecule is O=C(/C=C/c1ccccc1)c1ccc(OCCO)cc1. The lowest BCUT2D eigenvalue weighted by Crippen LogP contribution is -2.02. The van der Waals surface area contributed by atoms with Gasteiger partial charge in [0.15, 0.2) is 5.78 Å². The summed E-state index contributed by atoms with van der Waals surface area (Å²) in [5, 5.41) is 8.66. The van der Waals surface area contributed by atoms with Crippen molar-refractivity contribution >= 4 is 11.9 Å². The van der Waals surface area contributed by atoms with E-state index in [9.17, 15) is 4.79 Å². The van der Waals surface area contributed by atoms with E-state index >= 15 is 0 Å². The second-order valence-electron chi connectivity index (χ2n) is 4.20. The van der Waals surface area contributed by atoms with E-state index in [4.69, 9.17) is 9.84 Å². The third-order valence-corrected chi connectivity index (χ3v) is 2.73. The maximum Gasteiger partial charge on any atom is 0.185 e. The van der Waals surface area contributed by atoms with Gasteiger partial charge in [0.1, 0.15) is 12.4 Å². The quantitative estimate of drug-likeness (QED) is 0.647. The molecule has 0 radical (unpaired) electrons. The lowest BCUT2D eigenvalue weighted by Gasteiger charge is -2.04. The molecule has 0 spiro atoms. The highest BCUT2D eigenvalue weighted by Crippen LogP contribution is 2.13. The van der Waals surface area contributed by atoms with E-state index in [1.54, 1.807) is 36.4 Å². The van der Waals surface area contributed by atoms with E-state index in [0.29, 0.717) is 11.3 Å². The van der Waals surface area contributed by atoms with Crippen LogP contribution in [-0.2, 0) is 0 Å². The highest BCUT2D eigenvalue weighted by molar-refractivity contribution is 6.06. The number of hydrogen-bond donors (Lipinski definition) is 1. The highest BCUT2D eigenvalue weighted by Gasteiger charge is 2.02. The predicted molar refractivity (Wildman–Crippen MR) is 78.8 cm³/mol. The maximum absolute atomic E-state index is 12.0. The third kappa shape index (κ3) is 4.07. The van der Waals surface area contributed by atoms with Crippen molar-refractivity contribution in [3.63, 3.8) is 0 Å². The summed E-state index contributed by atoms with van der Waals surface area (Å²) in [6, 6.07) is 16.5. The molecule has 1 N–H and O–H groups in total. The fourth-order valence-corrected chi connectivity index (χ4v) is 1.71. The first-order chi connectivity index (χ1) is 9.79. The van der Waals surface area contributed by atoms with Crippen molar-refractivity contribution in [3.05, 3.63) is 71.8 Å². The van der Waals surface area contributed by atoms with Crippen LogP contribution in [-0.4, -0.2) is 24.1 Å². The first-order valence-corrected chi connectivity index (χ1v) is 6.41. The number of carbonyl (C=O) groups is 1. The van der Waals surface area contributed by atoms with E-state index in [0.717, 1.165) is 5.56 Å². The summed E-state index contributed by atoms with van der Waals surface area (Å²) < 4.78 is 5.24. The number of hydrogen-bond acceptors (Lipinski definition) is 3. The number of carbonyl (C=O) groups excluding carboxylic acids is 1. The Morgan fingerprint density at radius 3 is 2.40 bits per heavy atom. The fraction of sp³-hybridized carbons (Fsp3) is 0.118. The molecule has 0 fully saturated rings. The minimum Gasteiger partial charge on any atom is -0.491 e. The van der Waals surface area contributed by atoms with Crippen LogP contribution in [0.1, 0.15) is 15.9 Å². The Labute approximate surface area is 118 Å². The van der Waals surface area contributed by atoms with Crippen LogP contribution in [0.25, 0.3) is 6.08 Å². The van der Waals surface area contributed by atoms with E-state index in [2.05, 4.69) is 0 Å². The molecule has 2 aromatic rings. The second kappa shape index (κ2) is 7.26. The molecule has 0 unspecified atom stereocenters. The normalized spacial score (nSPS) is 10.7. The van der Waals surface area contributed by atoms with Gasteiger partial charge in [-0.1, -0.05) is 36.4 Å². The number of allylic oxidation sites excluding steroid dienone is 1. The molecular weight excluding hydrogens is 252 g/mol. The molecule has 0 atom stereocenters. The summed E-state index contributed by atoms with van der Waals surface area (Å²) >= 11 is 0. The van der Waals surface area contributed by atoms with Crippen LogP contribution in [0.3, 0.4) is 0 Å². The van der Waals surface area contributed by atoms with Gasteiger partial charge in [0.2, 0.25) is 0 Å². The van der Waals surface area contributed by atoms with Gasteiger partial charge in [-0.05, 0) is 35.9 Å². The Balaban J connectivity index is 2.00. The van der Waals surface area contributed by atoms with Gasteiger partial charge in [-0.25, -0.2) is 0 Å². The van der Waals surface area contributed by atoms with Crippen LogP contribution in [0, 0.1) is 0 Å². The number of ether oxygens (including phenoxy) is 1. The first-order valence-electron chi connectivity index (χ1n) is 6.41. The Kier molecular flexibility index (Phi) is 5.09. The number of ketones is 1. The molecule has 2 aromatic carbocycles. The van der Waals surface area contributed by atoms with Crippen LogP contribution in [0.5, 0.6) is 5.75 Å². The molecule has 0 bridgehead atoms. The maximum atomic E-state index is 12.0. The third-order valence-electron chi connectivity index (χ3n) is 2.73. The molecule has 3 heteroatoms. The van der Waals surface area contributed by atoms with Gasteiger partial charge in [0, 0.05) is 5.56 Å². The van der Waals surface area contributed by atoms with Crippen molar-refractivity contribution in [2.24, 2.45) is 0 Å². The lowest BCUT2D eigenvalue weighted by molar-refractivity contribution is 0.104. The Bertz CT molecular complexity index is 571. The Morgan fingerprint density at radius 2 is 1.75 bits per heavy atom. The molecule has 0 aliphatic rings. The van der Waals surface area contributed by atoms with Crippen molar-refractivity contribution in [1.82, 2.24) is 0 Å². The van der Waals surface area contributed by atoms with Gasteiger partial charge in [0.05, 0.1) is 6.61 Å². The molecule has 20 heavy (non-hydrogen) atoms. The topological polar surface area (TPSA) is 46.5 Å². The molecule has 3 nitrogen and oxygen atoms in total. The first kappa shape index (κ1) is 14.0. The van der Waals surface area contributed by atoms with Crippen LogP contribution in [0.2, 0.25) is 0 Å². The van der Waals surface area contributed by atoms with Crippen molar-refractivity contribution in [2.75, 3.05) is 13.2 Å². The average Bonchev–Trinajstić information content (AvgIpc) is 2.52. The molecule has 0 amide bonds. The molecular formula is C17H16O3. The summed E-state index contributed by atoms with van der Waals surface area (Å²) in [6.45, 7) is 0.224.